The van der Waals surface area contributed by atoms with Crippen molar-refractivity contribution in [3.63, 3.8) is 0 Å². The molecule has 1 heterocycles. The number of hydrogen-bond donors (Lipinski definition) is 1. The lowest BCUT2D eigenvalue weighted by molar-refractivity contribution is -0.136. The topological polar surface area (TPSA) is 59.3 Å². The number of hydrogen-bond acceptors (Lipinski definition) is 2. The molecule has 0 saturated heterocycles. The summed E-state index contributed by atoms with van der Waals surface area (Å²) in [4.78, 5) is 24.8. The Kier molecular flexibility index (Phi) is 5.16. The fourth-order valence-corrected chi connectivity index (χ4v) is 3.50. The van der Waals surface area contributed by atoms with Crippen molar-refractivity contribution in [1.29, 1.82) is 0 Å². The van der Waals surface area contributed by atoms with Crippen LogP contribution in [0, 0.1) is 0 Å². The Morgan fingerprint density at radius 1 is 1.14 bits per heavy atom. The fraction of sp³-hybridized carbons (Fsp3) is 0.158. The summed E-state index contributed by atoms with van der Waals surface area (Å²) in [6, 6.07) is 7.54. The number of aryl methyl sites for hydroxylation is 1. The molecule has 0 radical (unpaired) electrons. The summed E-state index contributed by atoms with van der Waals surface area (Å²) in [5.41, 5.74) is -2.95. The molecule has 0 amide bonds. The lowest BCUT2D eigenvalue weighted by Crippen LogP contribution is -2.24. The highest BCUT2D eigenvalue weighted by Crippen LogP contribution is 2.36. The van der Waals surface area contributed by atoms with Gasteiger partial charge in [-0.2, -0.15) is 13.2 Å². The molecule has 4 nitrogen and oxygen atoms in total. The van der Waals surface area contributed by atoms with Crippen LogP contribution in [0.2, 0.25) is 10.0 Å². The van der Waals surface area contributed by atoms with Crippen molar-refractivity contribution in [1.82, 2.24) is 4.57 Å². The van der Waals surface area contributed by atoms with Crippen molar-refractivity contribution < 1.29 is 23.1 Å². The molecule has 1 N–H and O–H groups in total. The first-order valence-corrected chi connectivity index (χ1v) is 8.79. The predicted molar refractivity (Wildman–Crippen MR) is 101 cm³/mol. The number of carboxylic acid groups (broad SMARTS) is 1. The first-order chi connectivity index (χ1) is 13.1. The third kappa shape index (κ3) is 3.25. The van der Waals surface area contributed by atoms with Crippen LogP contribution < -0.4 is 5.43 Å². The van der Waals surface area contributed by atoms with E-state index in [4.69, 9.17) is 23.2 Å². The molecule has 146 valence electrons. The number of nitrogens with zero attached hydrogens (tertiary/aromatic N) is 1. The molecule has 3 aromatic rings. The van der Waals surface area contributed by atoms with Crippen LogP contribution in [0.15, 0.2) is 41.2 Å². The number of fused-ring (bicyclic) bond motifs is 1. The van der Waals surface area contributed by atoms with Gasteiger partial charge in [0.25, 0.3) is 0 Å². The Balaban J connectivity index is 2.59. The van der Waals surface area contributed by atoms with Crippen molar-refractivity contribution >= 4 is 40.1 Å². The first-order valence-electron chi connectivity index (χ1n) is 8.03. The Hall–Kier alpha value is -2.51. The van der Waals surface area contributed by atoms with Gasteiger partial charge in [-0.15, -0.1) is 0 Å². The van der Waals surface area contributed by atoms with E-state index in [0.717, 1.165) is 6.07 Å². The number of aromatic nitrogens is 1. The van der Waals surface area contributed by atoms with Crippen LogP contribution in [0.1, 0.15) is 22.8 Å². The molecule has 3 rings (SSSR count). The Labute approximate surface area is 166 Å². The van der Waals surface area contributed by atoms with Gasteiger partial charge in [-0.25, -0.2) is 4.79 Å². The molecule has 28 heavy (non-hydrogen) atoms. The average molecular weight is 430 g/mol. The van der Waals surface area contributed by atoms with Gasteiger partial charge in [-0.1, -0.05) is 35.3 Å². The van der Waals surface area contributed by atoms with Gasteiger partial charge in [0, 0.05) is 12.1 Å². The molecule has 0 aliphatic heterocycles. The van der Waals surface area contributed by atoms with Gasteiger partial charge < -0.3 is 9.67 Å². The normalized spacial score (nSPS) is 11.8. The second-order valence-corrected chi connectivity index (χ2v) is 6.74. The summed E-state index contributed by atoms with van der Waals surface area (Å²) in [5, 5.41) is 9.30. The highest BCUT2D eigenvalue weighted by Gasteiger charge is 2.35. The van der Waals surface area contributed by atoms with Gasteiger partial charge in [0.1, 0.15) is 5.56 Å². The number of halogens is 5. The lowest BCUT2D eigenvalue weighted by Gasteiger charge is -2.20. The van der Waals surface area contributed by atoms with Gasteiger partial charge in [0.2, 0.25) is 5.43 Å². The molecule has 0 fully saturated rings. The monoisotopic (exact) mass is 429 g/mol. The van der Waals surface area contributed by atoms with Crippen LogP contribution in [0.3, 0.4) is 0 Å². The van der Waals surface area contributed by atoms with Crippen molar-refractivity contribution in [3.8, 4) is 11.3 Å². The number of carbonyl (C=O) groups is 1. The molecule has 0 bridgehead atoms. The zero-order chi connectivity index (χ0) is 20.8. The number of rotatable bonds is 3. The summed E-state index contributed by atoms with van der Waals surface area (Å²) in [6.07, 6.45) is -4.81. The summed E-state index contributed by atoms with van der Waals surface area (Å²) in [7, 11) is 0. The highest BCUT2D eigenvalue weighted by atomic mass is 35.5. The van der Waals surface area contributed by atoms with E-state index >= 15 is 0 Å². The van der Waals surface area contributed by atoms with E-state index < -0.39 is 34.1 Å². The van der Waals surface area contributed by atoms with Crippen LogP contribution in [0.4, 0.5) is 13.2 Å². The number of pyridine rings is 1. The summed E-state index contributed by atoms with van der Waals surface area (Å²) >= 11 is 11.9. The molecular formula is C19H12Cl2F3NO3. The third-order valence-electron chi connectivity index (χ3n) is 4.32. The first kappa shape index (κ1) is 20.2. The predicted octanol–water partition coefficient (Wildman–Crippen LogP) is 5.71. The quantitative estimate of drug-likeness (QED) is 0.579. The molecular weight excluding hydrogens is 418 g/mol. The van der Waals surface area contributed by atoms with E-state index in [0.29, 0.717) is 0 Å². The molecule has 0 unspecified atom stereocenters. The van der Waals surface area contributed by atoms with Gasteiger partial charge >= 0.3 is 12.1 Å². The minimum absolute atomic E-state index is 0.0200. The second-order valence-electron chi connectivity index (χ2n) is 5.93. The molecule has 0 aliphatic rings. The van der Waals surface area contributed by atoms with Crippen LogP contribution in [-0.2, 0) is 12.7 Å². The van der Waals surface area contributed by atoms with E-state index in [1.165, 1.54) is 34.9 Å². The zero-order valence-electron chi connectivity index (χ0n) is 14.3. The van der Waals surface area contributed by atoms with Gasteiger partial charge in [0.15, 0.2) is 0 Å². The number of aromatic carboxylic acids is 1. The summed E-state index contributed by atoms with van der Waals surface area (Å²) in [6.45, 7) is 1.75. The van der Waals surface area contributed by atoms with E-state index in [1.54, 1.807) is 6.92 Å². The largest absolute Gasteiger partial charge is 0.477 e. The standard InChI is InChI=1S/C19H12Cl2F3NO3/c1-2-25-13-5-3-4-10(19(22,23)24)14(13)17(26)15(18(27)28)16(25)9-6-7-11(20)12(21)8-9/h3-8H,2H2,1H3,(H,27,28). The second kappa shape index (κ2) is 7.14. The van der Waals surface area contributed by atoms with Crippen molar-refractivity contribution in [2.24, 2.45) is 0 Å². The maximum atomic E-state index is 13.5. The lowest BCUT2D eigenvalue weighted by atomic mass is 9.98. The van der Waals surface area contributed by atoms with Crippen LogP contribution in [-0.4, -0.2) is 15.6 Å². The smallest absolute Gasteiger partial charge is 0.417 e. The van der Waals surface area contributed by atoms with Crippen LogP contribution >= 0.6 is 23.2 Å². The zero-order valence-corrected chi connectivity index (χ0v) is 15.8. The average Bonchev–Trinajstić information content (AvgIpc) is 2.62. The SMILES string of the molecule is CCn1c(-c2ccc(Cl)c(Cl)c2)c(C(=O)O)c(=O)c2c(C(F)(F)F)cccc21. The number of benzene rings is 2. The van der Waals surface area contributed by atoms with E-state index in [-0.39, 0.29) is 33.4 Å². The summed E-state index contributed by atoms with van der Waals surface area (Å²) in [5.74, 6) is -1.63. The third-order valence-corrected chi connectivity index (χ3v) is 5.06. The minimum atomic E-state index is -4.81. The highest BCUT2D eigenvalue weighted by molar-refractivity contribution is 6.42. The van der Waals surface area contributed by atoms with Crippen LogP contribution in [0.25, 0.3) is 22.2 Å². The maximum Gasteiger partial charge on any atom is 0.417 e. The van der Waals surface area contributed by atoms with E-state index in [9.17, 15) is 27.9 Å². The Morgan fingerprint density at radius 2 is 1.82 bits per heavy atom. The van der Waals surface area contributed by atoms with Crippen molar-refractivity contribution in [3.05, 3.63) is 67.8 Å². The molecule has 0 aliphatic carbocycles. The van der Waals surface area contributed by atoms with Gasteiger partial charge in [-0.05, 0) is 31.2 Å². The van der Waals surface area contributed by atoms with E-state index in [1.807, 2.05) is 0 Å². The minimum Gasteiger partial charge on any atom is -0.477 e. The molecule has 1 aromatic heterocycles. The molecule has 0 atom stereocenters. The Morgan fingerprint density at radius 3 is 2.36 bits per heavy atom. The van der Waals surface area contributed by atoms with Crippen molar-refractivity contribution in [2.75, 3.05) is 0 Å². The molecule has 9 heteroatoms. The Bertz CT molecular complexity index is 1170. The molecule has 0 saturated carbocycles. The van der Waals surface area contributed by atoms with Gasteiger partial charge in [0.05, 0.1) is 32.2 Å². The van der Waals surface area contributed by atoms with E-state index in [2.05, 4.69) is 0 Å². The van der Waals surface area contributed by atoms with Crippen molar-refractivity contribution in [2.45, 2.75) is 19.6 Å². The maximum absolute atomic E-state index is 13.5. The molecule has 0 spiro atoms. The fourth-order valence-electron chi connectivity index (χ4n) is 3.20. The van der Waals surface area contributed by atoms with Crippen LogP contribution in [0.5, 0.6) is 0 Å². The summed E-state index contributed by atoms with van der Waals surface area (Å²) < 4.78 is 41.7. The number of alkyl halides is 3. The van der Waals surface area contributed by atoms with Gasteiger partial charge in [-0.3, -0.25) is 4.79 Å². The molecule has 2 aromatic carbocycles. The number of carboxylic acids is 1.